The molecule has 0 spiro atoms. The summed E-state index contributed by atoms with van der Waals surface area (Å²) in [6.45, 7) is 1.12. The van der Waals surface area contributed by atoms with E-state index in [1.54, 1.807) is 0 Å². The predicted molar refractivity (Wildman–Crippen MR) is 64.4 cm³/mol. The molecular formula is C13H16F3NO2. The Morgan fingerprint density at radius 2 is 1.89 bits per heavy atom. The average molecular weight is 275 g/mol. The summed E-state index contributed by atoms with van der Waals surface area (Å²) in [7, 11) is 0. The molecule has 6 heteroatoms. The van der Waals surface area contributed by atoms with Crippen LogP contribution in [0.15, 0.2) is 18.2 Å². The highest BCUT2D eigenvalue weighted by molar-refractivity contribution is 5.51. The van der Waals surface area contributed by atoms with Crippen LogP contribution in [0.2, 0.25) is 0 Å². The average Bonchev–Trinajstić information content (AvgIpc) is 2.38. The summed E-state index contributed by atoms with van der Waals surface area (Å²) in [6.07, 6.45) is -3.90. The highest BCUT2D eigenvalue weighted by Crippen LogP contribution is 2.36. The van der Waals surface area contributed by atoms with E-state index in [0.29, 0.717) is 31.6 Å². The van der Waals surface area contributed by atoms with Gasteiger partial charge in [-0.2, -0.15) is 13.2 Å². The molecule has 1 aromatic carbocycles. The van der Waals surface area contributed by atoms with Gasteiger partial charge in [0.15, 0.2) is 0 Å². The first kappa shape index (κ1) is 14.1. The molecule has 19 heavy (non-hydrogen) atoms. The second kappa shape index (κ2) is 5.38. The quantitative estimate of drug-likeness (QED) is 0.816. The summed E-state index contributed by atoms with van der Waals surface area (Å²) < 4.78 is 42.8. The normalized spacial score (nSPS) is 19.4. The van der Waals surface area contributed by atoms with Crippen LogP contribution < -0.4 is 5.73 Å². The second-order valence-corrected chi connectivity index (χ2v) is 4.74. The van der Waals surface area contributed by atoms with Crippen LogP contribution in [-0.2, 0) is 10.9 Å². The molecule has 2 rings (SSSR count). The maximum absolute atomic E-state index is 12.5. The van der Waals surface area contributed by atoms with Gasteiger partial charge in [-0.25, -0.2) is 0 Å². The number of hydrogen-bond donors (Lipinski definition) is 2. The highest BCUT2D eigenvalue weighted by Gasteiger charge is 2.32. The van der Waals surface area contributed by atoms with Gasteiger partial charge in [0, 0.05) is 24.5 Å². The van der Waals surface area contributed by atoms with Crippen LogP contribution in [0.5, 0.6) is 0 Å². The lowest BCUT2D eigenvalue weighted by atomic mass is 9.88. The van der Waals surface area contributed by atoms with Crippen molar-refractivity contribution < 1.29 is 23.0 Å². The summed E-state index contributed by atoms with van der Waals surface area (Å²) in [5.74, 6) is -0.0206. The third kappa shape index (κ3) is 3.19. The van der Waals surface area contributed by atoms with Crippen molar-refractivity contribution >= 4 is 5.69 Å². The van der Waals surface area contributed by atoms with E-state index < -0.39 is 17.8 Å². The Labute approximate surface area is 109 Å². The van der Waals surface area contributed by atoms with Crippen LogP contribution in [-0.4, -0.2) is 18.3 Å². The van der Waals surface area contributed by atoms with Gasteiger partial charge in [0.1, 0.15) is 0 Å². The molecule has 1 saturated heterocycles. The Hall–Kier alpha value is -1.27. The van der Waals surface area contributed by atoms with Gasteiger partial charge in [-0.05, 0) is 30.9 Å². The van der Waals surface area contributed by atoms with Gasteiger partial charge in [0.05, 0.1) is 11.7 Å². The first-order chi connectivity index (χ1) is 8.89. The molecule has 0 aromatic heterocycles. The fourth-order valence-corrected chi connectivity index (χ4v) is 2.31. The molecule has 3 nitrogen and oxygen atoms in total. The van der Waals surface area contributed by atoms with Gasteiger partial charge >= 0.3 is 6.18 Å². The highest BCUT2D eigenvalue weighted by atomic mass is 19.4. The number of nitrogens with two attached hydrogens (primary N) is 1. The van der Waals surface area contributed by atoms with Gasteiger partial charge in [-0.15, -0.1) is 0 Å². The second-order valence-electron chi connectivity index (χ2n) is 4.74. The third-order valence-electron chi connectivity index (χ3n) is 3.45. The molecule has 1 aromatic rings. The number of hydrogen-bond acceptors (Lipinski definition) is 3. The number of ether oxygens (including phenoxy) is 1. The Bertz CT molecular complexity index is 442. The van der Waals surface area contributed by atoms with E-state index in [-0.39, 0.29) is 11.6 Å². The zero-order valence-electron chi connectivity index (χ0n) is 10.3. The van der Waals surface area contributed by atoms with Gasteiger partial charge in [0.25, 0.3) is 0 Å². The maximum Gasteiger partial charge on any atom is 0.416 e. The van der Waals surface area contributed by atoms with Crippen LogP contribution >= 0.6 is 0 Å². The van der Waals surface area contributed by atoms with Gasteiger partial charge in [-0.3, -0.25) is 0 Å². The van der Waals surface area contributed by atoms with Crippen molar-refractivity contribution in [1.29, 1.82) is 0 Å². The Morgan fingerprint density at radius 3 is 2.42 bits per heavy atom. The minimum atomic E-state index is -4.42. The SMILES string of the molecule is Nc1cc(C(F)(F)F)ccc1C(O)C1CCOCC1. The molecule has 1 aliphatic heterocycles. The molecule has 106 valence electrons. The lowest BCUT2D eigenvalue weighted by Crippen LogP contribution is -2.22. The standard InChI is InChI=1S/C13H16F3NO2/c14-13(15,16)9-1-2-10(11(17)7-9)12(18)8-3-5-19-6-4-8/h1-2,7-8,12,18H,3-6,17H2. The summed E-state index contributed by atoms with van der Waals surface area (Å²) in [4.78, 5) is 0. The molecule has 0 bridgehead atoms. The van der Waals surface area contributed by atoms with Crippen LogP contribution in [0.1, 0.15) is 30.1 Å². The van der Waals surface area contributed by atoms with Gasteiger partial charge in [0.2, 0.25) is 0 Å². The van der Waals surface area contributed by atoms with Gasteiger partial charge in [-0.1, -0.05) is 6.07 Å². The van der Waals surface area contributed by atoms with Crippen LogP contribution in [0.25, 0.3) is 0 Å². The van der Waals surface area contributed by atoms with E-state index in [1.165, 1.54) is 6.07 Å². The molecule has 0 aliphatic carbocycles. The van der Waals surface area contributed by atoms with E-state index in [4.69, 9.17) is 10.5 Å². The molecule has 3 N–H and O–H groups in total. The van der Waals surface area contributed by atoms with E-state index in [9.17, 15) is 18.3 Å². The van der Waals surface area contributed by atoms with Crippen molar-refractivity contribution in [3.05, 3.63) is 29.3 Å². The van der Waals surface area contributed by atoms with Crippen LogP contribution in [0.4, 0.5) is 18.9 Å². The van der Waals surface area contributed by atoms with Crippen molar-refractivity contribution in [2.45, 2.75) is 25.1 Å². The molecule has 1 unspecified atom stereocenters. The molecule has 0 amide bonds. The van der Waals surface area contributed by atoms with Crippen molar-refractivity contribution in [3.8, 4) is 0 Å². The van der Waals surface area contributed by atoms with Crippen molar-refractivity contribution in [2.75, 3.05) is 18.9 Å². The minimum absolute atomic E-state index is 0.0196. The Balaban J connectivity index is 2.20. The Morgan fingerprint density at radius 1 is 1.26 bits per heavy atom. The molecule has 0 saturated carbocycles. The molecule has 1 fully saturated rings. The number of alkyl halides is 3. The minimum Gasteiger partial charge on any atom is -0.398 e. The smallest absolute Gasteiger partial charge is 0.398 e. The number of anilines is 1. The first-order valence-electron chi connectivity index (χ1n) is 6.12. The van der Waals surface area contributed by atoms with E-state index >= 15 is 0 Å². The fourth-order valence-electron chi connectivity index (χ4n) is 2.31. The number of nitrogen functional groups attached to an aromatic ring is 1. The summed E-state index contributed by atoms with van der Waals surface area (Å²) in [6, 6.07) is 3.09. The summed E-state index contributed by atoms with van der Waals surface area (Å²) >= 11 is 0. The van der Waals surface area contributed by atoms with Crippen molar-refractivity contribution in [1.82, 2.24) is 0 Å². The first-order valence-corrected chi connectivity index (χ1v) is 6.12. The number of aliphatic hydroxyl groups excluding tert-OH is 1. The van der Waals surface area contributed by atoms with Gasteiger partial charge < -0.3 is 15.6 Å². The van der Waals surface area contributed by atoms with Crippen molar-refractivity contribution in [3.63, 3.8) is 0 Å². The zero-order chi connectivity index (χ0) is 14.0. The monoisotopic (exact) mass is 275 g/mol. The molecular weight excluding hydrogens is 259 g/mol. The van der Waals surface area contributed by atoms with Crippen molar-refractivity contribution in [2.24, 2.45) is 5.92 Å². The predicted octanol–water partition coefficient (Wildman–Crippen LogP) is 2.75. The lowest BCUT2D eigenvalue weighted by Gasteiger charge is -2.27. The Kier molecular flexibility index (Phi) is 4.01. The van der Waals surface area contributed by atoms with E-state index in [2.05, 4.69) is 0 Å². The number of aliphatic hydroxyl groups is 1. The molecule has 1 atom stereocenters. The molecule has 0 radical (unpaired) electrons. The topological polar surface area (TPSA) is 55.5 Å². The van der Waals surface area contributed by atoms with Crippen LogP contribution in [0, 0.1) is 5.92 Å². The third-order valence-corrected chi connectivity index (χ3v) is 3.45. The number of halogens is 3. The number of benzene rings is 1. The fraction of sp³-hybridized carbons (Fsp3) is 0.538. The molecule has 1 heterocycles. The summed E-state index contributed by atoms with van der Waals surface area (Å²) in [5, 5.41) is 10.2. The maximum atomic E-state index is 12.5. The largest absolute Gasteiger partial charge is 0.416 e. The van der Waals surface area contributed by atoms with Crippen LogP contribution in [0.3, 0.4) is 0 Å². The number of rotatable bonds is 2. The zero-order valence-corrected chi connectivity index (χ0v) is 10.3. The molecule has 1 aliphatic rings. The van der Waals surface area contributed by atoms with E-state index in [0.717, 1.165) is 12.1 Å². The lowest BCUT2D eigenvalue weighted by molar-refractivity contribution is -0.137. The van der Waals surface area contributed by atoms with E-state index in [1.807, 2.05) is 0 Å². The summed E-state index contributed by atoms with van der Waals surface area (Å²) in [5.41, 5.74) is 5.18.